The number of rotatable bonds is 1. The van der Waals surface area contributed by atoms with Crippen LogP contribution in [-0.4, -0.2) is 0 Å². The van der Waals surface area contributed by atoms with Crippen molar-refractivity contribution in [1.29, 1.82) is 15.8 Å². The van der Waals surface area contributed by atoms with Crippen molar-refractivity contribution < 1.29 is 4.74 Å². The van der Waals surface area contributed by atoms with E-state index in [4.69, 9.17) is 26.3 Å². The highest BCUT2D eigenvalue weighted by molar-refractivity contribution is 5.60. The molecule has 1 atom stereocenters. The lowest BCUT2D eigenvalue weighted by Gasteiger charge is -2.13. The van der Waals surface area contributed by atoms with Gasteiger partial charge in [-0.3, -0.25) is 0 Å². The fraction of sp³-hybridized carbons (Fsp3) is 0.0714. The lowest BCUT2D eigenvalue weighted by molar-refractivity contribution is 0.166. The van der Waals surface area contributed by atoms with E-state index in [1.54, 1.807) is 36.4 Å². The third-order valence-corrected chi connectivity index (χ3v) is 2.73. The summed E-state index contributed by atoms with van der Waals surface area (Å²) in [5.41, 5.74) is 6.49. The van der Waals surface area contributed by atoms with Crippen LogP contribution in [0.3, 0.4) is 0 Å². The van der Waals surface area contributed by atoms with Crippen LogP contribution in [0.2, 0.25) is 0 Å². The first-order chi connectivity index (χ1) is 9.22. The van der Waals surface area contributed by atoms with Gasteiger partial charge in [-0.15, -0.1) is 0 Å². The van der Waals surface area contributed by atoms with Crippen molar-refractivity contribution in [2.24, 2.45) is 5.73 Å². The van der Waals surface area contributed by atoms with Crippen LogP contribution in [0.25, 0.3) is 0 Å². The van der Waals surface area contributed by atoms with Crippen LogP contribution >= 0.6 is 0 Å². The number of allylic oxidation sites excluding steroid dienone is 1. The van der Waals surface area contributed by atoms with Gasteiger partial charge in [-0.2, -0.15) is 15.8 Å². The van der Waals surface area contributed by atoms with Crippen LogP contribution in [0.1, 0.15) is 11.7 Å². The van der Waals surface area contributed by atoms with Crippen LogP contribution < -0.4 is 5.73 Å². The molecule has 5 heteroatoms. The molecule has 19 heavy (non-hydrogen) atoms. The SMILES string of the molecule is N#CC(C#N)=C1C(C#N)=C(N)OC1c1ccccc1. The van der Waals surface area contributed by atoms with Crippen molar-refractivity contribution in [2.75, 3.05) is 0 Å². The summed E-state index contributed by atoms with van der Waals surface area (Å²) in [7, 11) is 0. The smallest absolute Gasteiger partial charge is 0.203 e. The molecular formula is C14H8N4O. The van der Waals surface area contributed by atoms with Gasteiger partial charge in [0, 0.05) is 5.57 Å². The van der Waals surface area contributed by atoms with E-state index in [1.807, 2.05) is 12.1 Å². The third kappa shape index (κ3) is 1.99. The highest BCUT2D eigenvalue weighted by Gasteiger charge is 2.34. The predicted molar refractivity (Wildman–Crippen MR) is 65.3 cm³/mol. The van der Waals surface area contributed by atoms with E-state index >= 15 is 0 Å². The topological polar surface area (TPSA) is 107 Å². The molecule has 0 radical (unpaired) electrons. The molecule has 0 aliphatic carbocycles. The van der Waals surface area contributed by atoms with E-state index in [0.717, 1.165) is 5.56 Å². The molecule has 90 valence electrons. The van der Waals surface area contributed by atoms with E-state index in [0.29, 0.717) is 0 Å². The van der Waals surface area contributed by atoms with Crippen LogP contribution in [0.5, 0.6) is 0 Å². The zero-order chi connectivity index (χ0) is 13.8. The summed E-state index contributed by atoms with van der Waals surface area (Å²) in [5, 5.41) is 27.1. The van der Waals surface area contributed by atoms with E-state index < -0.39 is 6.10 Å². The van der Waals surface area contributed by atoms with E-state index in [2.05, 4.69) is 0 Å². The second-order valence-corrected chi connectivity index (χ2v) is 3.77. The van der Waals surface area contributed by atoms with E-state index in [1.165, 1.54) is 0 Å². The highest BCUT2D eigenvalue weighted by atomic mass is 16.5. The van der Waals surface area contributed by atoms with Gasteiger partial charge in [0.15, 0.2) is 6.10 Å². The molecule has 1 aromatic rings. The van der Waals surface area contributed by atoms with Gasteiger partial charge in [0.25, 0.3) is 0 Å². The molecule has 0 saturated carbocycles. The van der Waals surface area contributed by atoms with Crippen molar-refractivity contribution in [3.63, 3.8) is 0 Å². The molecule has 5 nitrogen and oxygen atoms in total. The number of nitriles is 3. The molecule has 0 bridgehead atoms. The highest BCUT2D eigenvalue weighted by Crippen LogP contribution is 2.40. The normalized spacial score (nSPS) is 17.1. The molecule has 1 heterocycles. The average Bonchev–Trinajstić information content (AvgIpc) is 2.78. The first kappa shape index (κ1) is 12.2. The largest absolute Gasteiger partial charge is 0.465 e. The molecule has 2 rings (SSSR count). The Hall–Kier alpha value is -3.23. The monoisotopic (exact) mass is 248 g/mol. The first-order valence-corrected chi connectivity index (χ1v) is 5.39. The molecule has 0 spiro atoms. The summed E-state index contributed by atoms with van der Waals surface area (Å²) < 4.78 is 5.42. The van der Waals surface area contributed by atoms with Gasteiger partial charge < -0.3 is 10.5 Å². The maximum absolute atomic E-state index is 9.09. The molecule has 1 aliphatic rings. The second-order valence-electron chi connectivity index (χ2n) is 3.77. The molecule has 0 amide bonds. The fourth-order valence-electron chi connectivity index (χ4n) is 1.89. The Kier molecular flexibility index (Phi) is 3.19. The Morgan fingerprint density at radius 2 is 1.74 bits per heavy atom. The van der Waals surface area contributed by atoms with Gasteiger partial charge in [-0.05, 0) is 5.56 Å². The summed E-state index contributed by atoms with van der Waals surface area (Å²) in [5.74, 6) is -0.0608. The maximum atomic E-state index is 9.09. The summed E-state index contributed by atoms with van der Waals surface area (Å²) in [6, 6.07) is 14.4. The van der Waals surface area contributed by atoms with E-state index in [-0.39, 0.29) is 22.6 Å². The molecule has 0 saturated heterocycles. The van der Waals surface area contributed by atoms with E-state index in [9.17, 15) is 0 Å². The van der Waals surface area contributed by atoms with Gasteiger partial charge in [0.1, 0.15) is 29.4 Å². The van der Waals surface area contributed by atoms with Gasteiger partial charge in [0.2, 0.25) is 5.88 Å². The average molecular weight is 248 g/mol. The molecule has 0 fully saturated rings. The Morgan fingerprint density at radius 3 is 2.26 bits per heavy atom. The van der Waals surface area contributed by atoms with Crippen molar-refractivity contribution in [3.05, 3.63) is 58.5 Å². The molecule has 2 N–H and O–H groups in total. The lowest BCUT2D eigenvalue weighted by atomic mass is 9.94. The number of nitrogens with zero attached hydrogens (tertiary/aromatic N) is 3. The van der Waals surface area contributed by atoms with Gasteiger partial charge in [-0.25, -0.2) is 0 Å². The zero-order valence-electron chi connectivity index (χ0n) is 9.79. The number of hydrogen-bond acceptors (Lipinski definition) is 5. The zero-order valence-corrected chi connectivity index (χ0v) is 9.79. The number of ether oxygens (including phenoxy) is 1. The summed E-state index contributed by atoms with van der Waals surface area (Å²) in [6.45, 7) is 0. The summed E-state index contributed by atoms with van der Waals surface area (Å²) in [4.78, 5) is 0. The standard InChI is InChI=1S/C14H8N4O/c15-6-10(7-16)12-11(8-17)14(18)19-13(12)9-4-2-1-3-5-9/h1-5,13H,18H2. The van der Waals surface area contributed by atoms with Crippen molar-refractivity contribution in [1.82, 2.24) is 0 Å². The molecular weight excluding hydrogens is 240 g/mol. The fourth-order valence-corrected chi connectivity index (χ4v) is 1.89. The van der Waals surface area contributed by atoms with Crippen molar-refractivity contribution >= 4 is 0 Å². The Bertz CT molecular complexity index is 680. The van der Waals surface area contributed by atoms with Gasteiger partial charge in [-0.1, -0.05) is 30.3 Å². The van der Waals surface area contributed by atoms with Crippen LogP contribution in [-0.2, 0) is 4.74 Å². The van der Waals surface area contributed by atoms with Crippen LogP contribution in [0.4, 0.5) is 0 Å². The third-order valence-electron chi connectivity index (χ3n) is 2.73. The van der Waals surface area contributed by atoms with Crippen molar-refractivity contribution in [3.8, 4) is 18.2 Å². The summed E-state index contributed by atoms with van der Waals surface area (Å²) in [6.07, 6.45) is -0.690. The maximum Gasteiger partial charge on any atom is 0.203 e. The number of hydrogen-bond donors (Lipinski definition) is 1. The Balaban J connectivity index is 2.63. The van der Waals surface area contributed by atoms with Gasteiger partial charge in [0.05, 0.1) is 0 Å². The minimum Gasteiger partial charge on any atom is -0.465 e. The Morgan fingerprint density at radius 1 is 1.11 bits per heavy atom. The molecule has 1 aromatic carbocycles. The number of benzene rings is 1. The minimum absolute atomic E-state index is 0.0481. The lowest BCUT2D eigenvalue weighted by Crippen LogP contribution is -2.04. The molecule has 0 aromatic heterocycles. The van der Waals surface area contributed by atoms with Crippen LogP contribution in [0, 0.1) is 34.0 Å². The minimum atomic E-state index is -0.690. The summed E-state index contributed by atoms with van der Waals surface area (Å²) >= 11 is 0. The Labute approximate surface area is 110 Å². The molecule has 1 unspecified atom stereocenters. The first-order valence-electron chi connectivity index (χ1n) is 5.39. The van der Waals surface area contributed by atoms with Gasteiger partial charge >= 0.3 is 0 Å². The predicted octanol–water partition coefficient (Wildman–Crippen LogP) is 1.80. The molecule has 1 aliphatic heterocycles. The van der Waals surface area contributed by atoms with Crippen LogP contribution in [0.15, 0.2) is 52.9 Å². The van der Waals surface area contributed by atoms with Crippen molar-refractivity contribution in [2.45, 2.75) is 6.10 Å². The second kappa shape index (κ2) is 4.96. The quantitative estimate of drug-likeness (QED) is 0.762. The number of nitrogens with two attached hydrogens (primary N) is 1.